The van der Waals surface area contributed by atoms with Crippen molar-refractivity contribution in [2.45, 2.75) is 31.5 Å². The summed E-state index contributed by atoms with van der Waals surface area (Å²) in [6.45, 7) is 0.605. The minimum absolute atomic E-state index is 0.0449. The molecule has 3 N–H and O–H groups in total. The number of hydrogen-bond donors (Lipinski definition) is 3. The molecule has 0 atom stereocenters. The van der Waals surface area contributed by atoms with Crippen LogP contribution in [0.2, 0.25) is 0 Å². The van der Waals surface area contributed by atoms with E-state index in [9.17, 15) is 9.90 Å². The summed E-state index contributed by atoms with van der Waals surface area (Å²) in [5, 5.41) is 9.53. The van der Waals surface area contributed by atoms with Gasteiger partial charge >= 0.3 is 5.69 Å². The summed E-state index contributed by atoms with van der Waals surface area (Å²) < 4.78 is 5.78. The summed E-state index contributed by atoms with van der Waals surface area (Å²) in [5.74, 6) is 0.135. The summed E-state index contributed by atoms with van der Waals surface area (Å²) in [6, 6.07) is 10.0. The molecule has 5 nitrogen and oxygen atoms in total. The standard InChI is InChI=1S/C14H16N2O3/c17-13-12(15-14(18)16-13)10-6-11(7-10)19-8-9-4-2-1-3-5-9/h1-5,10-11,17H,6-8H2,(H2,15,16,18). The van der Waals surface area contributed by atoms with Gasteiger partial charge in [-0.15, -0.1) is 0 Å². The van der Waals surface area contributed by atoms with Crippen molar-refractivity contribution in [3.63, 3.8) is 0 Å². The lowest BCUT2D eigenvalue weighted by atomic mass is 9.80. The summed E-state index contributed by atoms with van der Waals surface area (Å²) in [4.78, 5) is 16.0. The van der Waals surface area contributed by atoms with Gasteiger partial charge in [0.15, 0.2) is 0 Å². The Balaban J connectivity index is 1.51. The van der Waals surface area contributed by atoms with Gasteiger partial charge in [-0.05, 0) is 18.4 Å². The zero-order valence-corrected chi connectivity index (χ0v) is 10.4. The van der Waals surface area contributed by atoms with Crippen LogP contribution >= 0.6 is 0 Å². The maximum absolute atomic E-state index is 11.0. The van der Waals surface area contributed by atoms with Gasteiger partial charge in [-0.3, -0.25) is 4.98 Å². The van der Waals surface area contributed by atoms with Crippen molar-refractivity contribution in [3.05, 3.63) is 52.1 Å². The molecule has 0 amide bonds. The molecular formula is C14H16N2O3. The second kappa shape index (κ2) is 4.93. The maximum atomic E-state index is 11.0. The highest BCUT2D eigenvalue weighted by atomic mass is 16.5. The van der Waals surface area contributed by atoms with Crippen LogP contribution in [0.5, 0.6) is 5.88 Å². The predicted octanol–water partition coefficient (Wildman–Crippen LogP) is 1.87. The number of aromatic amines is 2. The van der Waals surface area contributed by atoms with Crippen molar-refractivity contribution in [2.24, 2.45) is 0 Å². The molecule has 1 aliphatic carbocycles. The van der Waals surface area contributed by atoms with Gasteiger partial charge in [-0.25, -0.2) is 4.79 Å². The number of aromatic nitrogens is 2. The average molecular weight is 260 g/mol. The second-order valence-corrected chi connectivity index (χ2v) is 4.93. The van der Waals surface area contributed by atoms with Crippen LogP contribution in [0.25, 0.3) is 0 Å². The van der Waals surface area contributed by atoms with Gasteiger partial charge in [-0.1, -0.05) is 30.3 Å². The van der Waals surface area contributed by atoms with Gasteiger partial charge < -0.3 is 14.8 Å². The number of aromatic hydroxyl groups is 1. The molecule has 100 valence electrons. The lowest BCUT2D eigenvalue weighted by Crippen LogP contribution is -2.30. The molecule has 2 aromatic rings. The largest absolute Gasteiger partial charge is 0.493 e. The van der Waals surface area contributed by atoms with Gasteiger partial charge in [0.05, 0.1) is 18.4 Å². The first kappa shape index (κ1) is 12.0. The number of hydrogen-bond acceptors (Lipinski definition) is 3. The molecule has 1 aromatic carbocycles. The molecule has 19 heavy (non-hydrogen) atoms. The SMILES string of the molecule is O=c1[nH]c(O)c(C2CC(OCc3ccccc3)C2)[nH]1. The van der Waals surface area contributed by atoms with Crippen LogP contribution < -0.4 is 5.69 Å². The molecule has 3 rings (SSSR count). The molecule has 0 saturated heterocycles. The molecule has 0 aliphatic heterocycles. The van der Waals surface area contributed by atoms with Crippen LogP contribution in [0.15, 0.2) is 35.1 Å². The van der Waals surface area contributed by atoms with Crippen molar-refractivity contribution in [1.29, 1.82) is 0 Å². The Hall–Kier alpha value is -2.01. The number of benzene rings is 1. The summed E-state index contributed by atoms with van der Waals surface area (Å²) in [6.07, 6.45) is 1.85. The van der Waals surface area contributed by atoms with E-state index < -0.39 is 0 Å². The van der Waals surface area contributed by atoms with Gasteiger partial charge in [0.2, 0.25) is 5.88 Å². The lowest BCUT2D eigenvalue weighted by Gasteiger charge is -2.34. The third kappa shape index (κ3) is 2.56. The molecule has 0 bridgehead atoms. The number of imidazole rings is 1. The van der Waals surface area contributed by atoms with E-state index in [2.05, 4.69) is 9.97 Å². The molecule has 0 spiro atoms. The number of rotatable bonds is 4. The van der Waals surface area contributed by atoms with Gasteiger partial charge in [-0.2, -0.15) is 0 Å². The zero-order chi connectivity index (χ0) is 13.2. The highest BCUT2D eigenvalue weighted by Crippen LogP contribution is 2.40. The smallest absolute Gasteiger partial charge is 0.325 e. The minimum Gasteiger partial charge on any atom is -0.493 e. The first-order chi connectivity index (χ1) is 9.22. The normalized spacial score (nSPS) is 22.1. The Labute approximate surface area is 110 Å². The Bertz CT molecular complexity index is 597. The van der Waals surface area contributed by atoms with E-state index in [1.807, 2.05) is 30.3 Å². The molecule has 0 unspecified atom stereocenters. The first-order valence-electron chi connectivity index (χ1n) is 6.39. The number of nitrogens with one attached hydrogen (secondary N) is 2. The number of ether oxygens (including phenoxy) is 1. The van der Waals surface area contributed by atoms with Gasteiger partial charge in [0.1, 0.15) is 0 Å². The van der Waals surface area contributed by atoms with Crippen LogP contribution in [0.1, 0.15) is 30.0 Å². The fraction of sp³-hybridized carbons (Fsp3) is 0.357. The van der Waals surface area contributed by atoms with Crippen LogP contribution in [0.4, 0.5) is 0 Å². The summed E-state index contributed by atoms with van der Waals surface area (Å²) in [5.41, 5.74) is 1.40. The van der Waals surface area contributed by atoms with E-state index in [1.165, 1.54) is 0 Å². The van der Waals surface area contributed by atoms with E-state index in [1.54, 1.807) is 0 Å². The minimum atomic E-state index is -0.360. The van der Waals surface area contributed by atoms with E-state index in [4.69, 9.17) is 4.74 Å². The van der Waals surface area contributed by atoms with Crippen LogP contribution in [-0.4, -0.2) is 21.2 Å². The molecule has 5 heteroatoms. The van der Waals surface area contributed by atoms with Crippen molar-refractivity contribution in [1.82, 2.24) is 9.97 Å². The topological polar surface area (TPSA) is 78.1 Å². The van der Waals surface area contributed by atoms with Crippen molar-refractivity contribution in [3.8, 4) is 5.88 Å². The Kier molecular flexibility index (Phi) is 3.13. The Morgan fingerprint density at radius 3 is 2.58 bits per heavy atom. The van der Waals surface area contributed by atoms with Crippen LogP contribution in [0, 0.1) is 0 Å². The van der Waals surface area contributed by atoms with Crippen molar-refractivity contribution < 1.29 is 9.84 Å². The van der Waals surface area contributed by atoms with E-state index in [-0.39, 0.29) is 23.6 Å². The van der Waals surface area contributed by atoms with Crippen LogP contribution in [-0.2, 0) is 11.3 Å². The molecule has 1 fully saturated rings. The molecule has 0 radical (unpaired) electrons. The fourth-order valence-electron chi connectivity index (χ4n) is 2.41. The quantitative estimate of drug-likeness (QED) is 0.785. The third-order valence-corrected chi connectivity index (χ3v) is 3.57. The maximum Gasteiger partial charge on any atom is 0.325 e. The second-order valence-electron chi connectivity index (χ2n) is 4.93. The first-order valence-corrected chi connectivity index (χ1v) is 6.39. The summed E-state index contributed by atoms with van der Waals surface area (Å²) >= 11 is 0. The van der Waals surface area contributed by atoms with Crippen LogP contribution in [0.3, 0.4) is 0 Å². The fourth-order valence-corrected chi connectivity index (χ4v) is 2.41. The third-order valence-electron chi connectivity index (χ3n) is 3.57. The average Bonchev–Trinajstić information content (AvgIpc) is 2.68. The Morgan fingerprint density at radius 1 is 1.21 bits per heavy atom. The molecule has 1 aromatic heterocycles. The van der Waals surface area contributed by atoms with Crippen molar-refractivity contribution in [2.75, 3.05) is 0 Å². The monoisotopic (exact) mass is 260 g/mol. The summed E-state index contributed by atoms with van der Waals surface area (Å²) in [7, 11) is 0. The highest BCUT2D eigenvalue weighted by molar-refractivity contribution is 5.23. The number of H-pyrrole nitrogens is 2. The predicted molar refractivity (Wildman–Crippen MR) is 70.1 cm³/mol. The van der Waals surface area contributed by atoms with E-state index in [0.29, 0.717) is 12.3 Å². The molecular weight excluding hydrogens is 244 g/mol. The molecule has 1 aliphatic rings. The van der Waals surface area contributed by atoms with E-state index >= 15 is 0 Å². The Morgan fingerprint density at radius 2 is 1.95 bits per heavy atom. The zero-order valence-electron chi connectivity index (χ0n) is 10.4. The molecule has 1 saturated carbocycles. The molecule has 1 heterocycles. The van der Waals surface area contributed by atoms with Crippen molar-refractivity contribution >= 4 is 0 Å². The van der Waals surface area contributed by atoms with Gasteiger partial charge in [0, 0.05) is 5.92 Å². The van der Waals surface area contributed by atoms with Gasteiger partial charge in [0.25, 0.3) is 0 Å². The highest BCUT2D eigenvalue weighted by Gasteiger charge is 2.34. The lowest BCUT2D eigenvalue weighted by molar-refractivity contribution is -0.0217. The van der Waals surface area contributed by atoms with E-state index in [0.717, 1.165) is 18.4 Å².